The summed E-state index contributed by atoms with van der Waals surface area (Å²) in [7, 11) is 1.57. The molecule has 1 unspecified atom stereocenters. The molecular formula is C23H20ClN3O4. The van der Waals surface area contributed by atoms with E-state index < -0.39 is 17.7 Å². The summed E-state index contributed by atoms with van der Waals surface area (Å²) in [4.78, 5) is 27.3. The van der Waals surface area contributed by atoms with Crippen molar-refractivity contribution in [1.82, 2.24) is 5.32 Å². The topological polar surface area (TPSA) is 90.9 Å². The van der Waals surface area contributed by atoms with E-state index in [-0.39, 0.29) is 12.1 Å². The zero-order valence-electron chi connectivity index (χ0n) is 16.6. The Bertz CT molecular complexity index is 1120. The molecule has 0 bridgehead atoms. The maximum absolute atomic E-state index is 13.3. The largest absolute Gasteiger partial charge is 0.497 e. The third-order valence-corrected chi connectivity index (χ3v) is 5.34. The Labute approximate surface area is 184 Å². The van der Waals surface area contributed by atoms with Crippen molar-refractivity contribution in [2.75, 3.05) is 17.3 Å². The second kappa shape index (κ2) is 8.29. The van der Waals surface area contributed by atoms with Crippen molar-refractivity contribution in [2.24, 2.45) is 0 Å². The van der Waals surface area contributed by atoms with E-state index in [4.69, 9.17) is 16.3 Å². The van der Waals surface area contributed by atoms with Crippen molar-refractivity contribution in [3.05, 3.63) is 88.9 Å². The molecule has 0 saturated heterocycles. The quantitative estimate of drug-likeness (QED) is 0.565. The van der Waals surface area contributed by atoms with Crippen LogP contribution in [0.1, 0.15) is 11.1 Å². The van der Waals surface area contributed by atoms with Crippen LogP contribution in [0.5, 0.6) is 5.75 Å². The van der Waals surface area contributed by atoms with Crippen molar-refractivity contribution in [2.45, 2.75) is 12.3 Å². The Morgan fingerprint density at radius 1 is 1.10 bits per heavy atom. The highest BCUT2D eigenvalue weighted by Crippen LogP contribution is 2.40. The summed E-state index contributed by atoms with van der Waals surface area (Å²) in [5.74, 6) is -0.0407. The van der Waals surface area contributed by atoms with Gasteiger partial charge in [0.05, 0.1) is 12.8 Å². The molecule has 1 atom stereocenters. The molecule has 1 heterocycles. The van der Waals surface area contributed by atoms with Crippen LogP contribution < -0.4 is 20.3 Å². The van der Waals surface area contributed by atoms with Crippen LogP contribution in [-0.2, 0) is 17.1 Å². The number of aliphatic hydroxyl groups is 1. The lowest BCUT2D eigenvalue weighted by molar-refractivity contribution is -0.140. The molecule has 3 N–H and O–H groups in total. The van der Waals surface area contributed by atoms with Crippen molar-refractivity contribution >= 4 is 34.9 Å². The van der Waals surface area contributed by atoms with Gasteiger partial charge in [0.25, 0.3) is 11.6 Å². The zero-order valence-corrected chi connectivity index (χ0v) is 17.4. The number of hydrogen-bond acceptors (Lipinski definition) is 4. The molecule has 0 aromatic heterocycles. The number of carbonyl (C=O) groups excluding carboxylic acids is 2. The molecule has 31 heavy (non-hydrogen) atoms. The molecular weight excluding hydrogens is 418 g/mol. The Morgan fingerprint density at radius 3 is 2.45 bits per heavy atom. The Balaban J connectivity index is 1.70. The van der Waals surface area contributed by atoms with E-state index in [0.717, 1.165) is 10.5 Å². The second-order valence-corrected chi connectivity index (χ2v) is 7.43. The van der Waals surface area contributed by atoms with Gasteiger partial charge in [0.2, 0.25) is 0 Å². The lowest BCUT2D eigenvalue weighted by Crippen LogP contribution is -2.62. The van der Waals surface area contributed by atoms with Gasteiger partial charge in [-0.15, -0.1) is 0 Å². The van der Waals surface area contributed by atoms with Gasteiger partial charge in [0.15, 0.2) is 0 Å². The maximum atomic E-state index is 13.3. The smallest absolute Gasteiger partial charge is 0.329 e. The van der Waals surface area contributed by atoms with Crippen LogP contribution in [-0.4, -0.2) is 24.2 Å². The van der Waals surface area contributed by atoms with E-state index in [9.17, 15) is 14.7 Å². The lowest BCUT2D eigenvalue weighted by atomic mass is 9.94. The number of fused-ring (bicyclic) bond motifs is 1. The molecule has 0 saturated carbocycles. The number of nitrogens with one attached hydrogen (secondary N) is 2. The van der Waals surface area contributed by atoms with Gasteiger partial charge in [-0.2, -0.15) is 0 Å². The number of methoxy groups -OCH3 is 1. The van der Waals surface area contributed by atoms with Gasteiger partial charge in [-0.05, 0) is 48.0 Å². The summed E-state index contributed by atoms with van der Waals surface area (Å²) >= 11 is 5.97. The molecule has 3 amide bonds. The molecule has 0 fully saturated rings. The molecule has 8 heteroatoms. The van der Waals surface area contributed by atoms with Crippen LogP contribution >= 0.6 is 11.6 Å². The molecule has 3 aromatic rings. The molecule has 4 rings (SSSR count). The number of hydrogen-bond donors (Lipinski definition) is 3. The van der Waals surface area contributed by atoms with E-state index in [0.29, 0.717) is 22.1 Å². The Morgan fingerprint density at radius 2 is 1.77 bits per heavy atom. The van der Waals surface area contributed by atoms with E-state index in [1.807, 2.05) is 12.1 Å². The molecule has 158 valence electrons. The second-order valence-electron chi connectivity index (χ2n) is 6.99. The van der Waals surface area contributed by atoms with E-state index in [1.165, 1.54) is 0 Å². The average molecular weight is 438 g/mol. The monoisotopic (exact) mass is 437 g/mol. The number of para-hydroxylation sites is 1. The van der Waals surface area contributed by atoms with Crippen LogP contribution in [0.25, 0.3) is 0 Å². The number of ether oxygens (including phenoxy) is 1. The lowest BCUT2D eigenvalue weighted by Gasteiger charge is -2.42. The summed E-state index contributed by atoms with van der Waals surface area (Å²) in [6.45, 7) is 0.156. The standard InChI is InChI=1S/C23H20ClN3O4/c1-31-18-12-6-15(7-13-18)14-25-21(28)23(30)19-4-2-3-5-20(19)26-22(29)27(23)17-10-8-16(24)9-11-17/h2-13,30H,14H2,1H3,(H,25,28)(H,26,29). The summed E-state index contributed by atoms with van der Waals surface area (Å²) in [6.07, 6.45) is 0. The average Bonchev–Trinajstić information content (AvgIpc) is 2.79. The fourth-order valence-corrected chi connectivity index (χ4v) is 3.63. The van der Waals surface area contributed by atoms with Crippen LogP contribution in [0.15, 0.2) is 72.8 Å². The molecule has 0 radical (unpaired) electrons. The number of amides is 3. The van der Waals surface area contributed by atoms with Gasteiger partial charge in [0.1, 0.15) is 5.75 Å². The highest BCUT2D eigenvalue weighted by Gasteiger charge is 2.51. The third-order valence-electron chi connectivity index (χ3n) is 5.08. The number of rotatable bonds is 5. The highest BCUT2D eigenvalue weighted by molar-refractivity contribution is 6.30. The minimum atomic E-state index is -2.26. The van der Waals surface area contributed by atoms with E-state index in [2.05, 4.69) is 10.6 Å². The minimum absolute atomic E-state index is 0.156. The highest BCUT2D eigenvalue weighted by atomic mass is 35.5. The molecule has 1 aliphatic heterocycles. The van der Waals surface area contributed by atoms with Crippen molar-refractivity contribution in [1.29, 1.82) is 0 Å². The third kappa shape index (κ3) is 3.81. The van der Waals surface area contributed by atoms with Gasteiger partial charge < -0.3 is 20.5 Å². The number of urea groups is 1. The number of halogens is 1. The van der Waals surface area contributed by atoms with Gasteiger partial charge in [-0.3, -0.25) is 9.69 Å². The Kier molecular flexibility index (Phi) is 5.54. The van der Waals surface area contributed by atoms with Gasteiger partial charge in [-0.1, -0.05) is 41.9 Å². The van der Waals surface area contributed by atoms with E-state index >= 15 is 0 Å². The summed E-state index contributed by atoms with van der Waals surface area (Å²) in [6, 6.07) is 19.5. The fraction of sp³-hybridized carbons (Fsp3) is 0.130. The van der Waals surface area contributed by atoms with Crippen molar-refractivity contribution < 1.29 is 19.4 Å². The first-order valence-corrected chi connectivity index (χ1v) is 9.91. The summed E-state index contributed by atoms with van der Waals surface area (Å²) in [5, 5.41) is 17.6. The van der Waals surface area contributed by atoms with Gasteiger partial charge >= 0.3 is 6.03 Å². The van der Waals surface area contributed by atoms with Crippen LogP contribution in [0, 0.1) is 0 Å². The van der Waals surface area contributed by atoms with Gasteiger partial charge in [-0.25, -0.2) is 4.79 Å². The van der Waals surface area contributed by atoms with Crippen LogP contribution in [0.3, 0.4) is 0 Å². The fourth-order valence-electron chi connectivity index (χ4n) is 3.50. The van der Waals surface area contributed by atoms with Crippen molar-refractivity contribution in [3.63, 3.8) is 0 Å². The van der Waals surface area contributed by atoms with Gasteiger partial charge in [0, 0.05) is 22.8 Å². The summed E-state index contributed by atoms with van der Waals surface area (Å²) in [5.41, 5.74) is -0.515. The van der Waals surface area contributed by atoms with Crippen molar-refractivity contribution in [3.8, 4) is 5.75 Å². The predicted molar refractivity (Wildman–Crippen MR) is 118 cm³/mol. The number of carbonyl (C=O) groups is 2. The number of anilines is 2. The molecule has 0 spiro atoms. The summed E-state index contributed by atoms with van der Waals surface area (Å²) < 4.78 is 5.14. The minimum Gasteiger partial charge on any atom is -0.497 e. The molecule has 1 aliphatic rings. The first-order valence-electron chi connectivity index (χ1n) is 9.53. The van der Waals surface area contributed by atoms with Crippen LogP contribution in [0.4, 0.5) is 16.2 Å². The SMILES string of the molecule is COc1ccc(CNC(=O)C2(O)c3ccccc3NC(=O)N2c2ccc(Cl)cc2)cc1. The first kappa shape index (κ1) is 20.7. The maximum Gasteiger partial charge on any atom is 0.329 e. The number of nitrogens with zero attached hydrogens (tertiary/aromatic N) is 1. The van der Waals surface area contributed by atoms with Crippen LogP contribution in [0.2, 0.25) is 5.02 Å². The zero-order chi connectivity index (χ0) is 22.0. The molecule has 0 aliphatic carbocycles. The van der Waals surface area contributed by atoms with E-state index in [1.54, 1.807) is 67.8 Å². The number of benzene rings is 3. The Hall–Kier alpha value is -3.55. The first-order chi connectivity index (χ1) is 14.9. The molecule has 7 nitrogen and oxygen atoms in total. The normalized spacial score (nSPS) is 17.5. The molecule has 3 aromatic carbocycles. The predicted octanol–water partition coefficient (Wildman–Crippen LogP) is 3.86.